The molecule has 0 aromatic heterocycles. The molecule has 0 unspecified atom stereocenters. The molecule has 0 radical (unpaired) electrons. The molecular formula is C22H28S. The summed E-state index contributed by atoms with van der Waals surface area (Å²) in [4.78, 5) is 1.08. The highest BCUT2D eigenvalue weighted by atomic mass is 32.1. The van der Waals surface area contributed by atoms with E-state index in [1.807, 2.05) is 0 Å². The van der Waals surface area contributed by atoms with Gasteiger partial charge in [0.15, 0.2) is 0 Å². The number of rotatable bonds is 4. The molecule has 1 aliphatic rings. The Labute approximate surface area is 147 Å². The van der Waals surface area contributed by atoms with E-state index >= 15 is 0 Å². The van der Waals surface area contributed by atoms with Crippen molar-refractivity contribution in [2.24, 2.45) is 0 Å². The molecule has 1 aliphatic carbocycles. The van der Waals surface area contributed by atoms with Crippen molar-refractivity contribution in [2.75, 3.05) is 0 Å². The second-order valence-corrected chi connectivity index (χ2v) is 7.07. The van der Waals surface area contributed by atoms with E-state index in [9.17, 15) is 0 Å². The smallest absolute Gasteiger partial charge is 0.0125 e. The SMILES string of the molecule is C=C(C)C1=Cc2c(C)cc(S)c(C(/C(C)=C\C)=C(\C)CC)c2C1. The van der Waals surface area contributed by atoms with Gasteiger partial charge in [-0.05, 0) is 92.5 Å². The van der Waals surface area contributed by atoms with Gasteiger partial charge in [0.2, 0.25) is 0 Å². The maximum Gasteiger partial charge on any atom is 0.0125 e. The highest BCUT2D eigenvalue weighted by Gasteiger charge is 2.23. The summed E-state index contributed by atoms with van der Waals surface area (Å²) in [7, 11) is 0. The van der Waals surface area contributed by atoms with E-state index in [1.165, 1.54) is 44.5 Å². The summed E-state index contributed by atoms with van der Waals surface area (Å²) < 4.78 is 0. The molecule has 2 rings (SSSR count). The van der Waals surface area contributed by atoms with Crippen LogP contribution in [0.1, 0.15) is 63.3 Å². The third-order valence-corrected chi connectivity index (χ3v) is 5.28. The van der Waals surface area contributed by atoms with Crippen LogP contribution in [0.4, 0.5) is 0 Å². The molecule has 0 saturated carbocycles. The summed E-state index contributed by atoms with van der Waals surface area (Å²) in [6.45, 7) is 17.2. The summed E-state index contributed by atoms with van der Waals surface area (Å²) in [6, 6.07) is 2.21. The third-order valence-electron chi connectivity index (χ3n) is 4.93. The van der Waals surface area contributed by atoms with Crippen molar-refractivity contribution in [3.8, 4) is 0 Å². The van der Waals surface area contributed by atoms with E-state index in [1.54, 1.807) is 0 Å². The number of hydrogen-bond acceptors (Lipinski definition) is 1. The van der Waals surface area contributed by atoms with E-state index in [-0.39, 0.29) is 0 Å². The summed E-state index contributed by atoms with van der Waals surface area (Å²) in [5.41, 5.74) is 12.0. The number of aryl methyl sites for hydroxylation is 1. The second kappa shape index (κ2) is 6.97. The monoisotopic (exact) mass is 324 g/mol. The average Bonchev–Trinajstić information content (AvgIpc) is 2.95. The molecule has 0 fully saturated rings. The number of thiol groups is 1. The van der Waals surface area contributed by atoms with Crippen LogP contribution in [0, 0.1) is 6.92 Å². The van der Waals surface area contributed by atoms with Gasteiger partial charge in [-0.15, -0.1) is 12.6 Å². The van der Waals surface area contributed by atoms with Gasteiger partial charge in [-0.25, -0.2) is 0 Å². The highest BCUT2D eigenvalue weighted by molar-refractivity contribution is 7.80. The fourth-order valence-electron chi connectivity index (χ4n) is 3.30. The lowest BCUT2D eigenvalue weighted by atomic mass is 9.86. The van der Waals surface area contributed by atoms with Crippen molar-refractivity contribution in [1.82, 2.24) is 0 Å². The molecule has 1 aromatic rings. The molecule has 0 bridgehead atoms. The summed E-state index contributed by atoms with van der Waals surface area (Å²) >= 11 is 4.85. The van der Waals surface area contributed by atoms with E-state index in [0.717, 1.165) is 23.3 Å². The first kappa shape index (κ1) is 17.9. The van der Waals surface area contributed by atoms with Crippen molar-refractivity contribution in [2.45, 2.75) is 59.3 Å². The molecule has 0 amide bonds. The van der Waals surface area contributed by atoms with Crippen LogP contribution in [-0.2, 0) is 6.42 Å². The molecular weight excluding hydrogens is 296 g/mol. The maximum atomic E-state index is 4.85. The predicted octanol–water partition coefficient (Wildman–Crippen LogP) is 6.95. The lowest BCUT2D eigenvalue weighted by Gasteiger charge is -2.20. The van der Waals surface area contributed by atoms with E-state index in [0.29, 0.717) is 0 Å². The quantitative estimate of drug-likeness (QED) is 0.449. The Bertz CT molecular complexity index is 755. The summed E-state index contributed by atoms with van der Waals surface area (Å²) in [5.74, 6) is 0. The van der Waals surface area contributed by atoms with Crippen LogP contribution in [0.3, 0.4) is 0 Å². The number of allylic oxidation sites excluding steroid dienone is 6. The van der Waals surface area contributed by atoms with E-state index < -0.39 is 0 Å². The maximum absolute atomic E-state index is 4.85. The van der Waals surface area contributed by atoms with Crippen LogP contribution < -0.4 is 0 Å². The van der Waals surface area contributed by atoms with Gasteiger partial charge < -0.3 is 0 Å². The zero-order valence-corrected chi connectivity index (χ0v) is 16.2. The normalized spacial score (nSPS) is 15.3. The largest absolute Gasteiger partial charge is 0.143 e. The van der Waals surface area contributed by atoms with Crippen LogP contribution in [0.2, 0.25) is 0 Å². The Balaban J connectivity index is 2.78. The first-order valence-electron chi connectivity index (χ1n) is 8.37. The van der Waals surface area contributed by atoms with Gasteiger partial charge in [0.25, 0.3) is 0 Å². The van der Waals surface area contributed by atoms with Gasteiger partial charge >= 0.3 is 0 Å². The molecule has 1 heteroatoms. The number of hydrogen-bond donors (Lipinski definition) is 1. The molecule has 0 aliphatic heterocycles. The Morgan fingerprint density at radius 2 is 1.96 bits per heavy atom. The average molecular weight is 325 g/mol. The molecule has 0 N–H and O–H groups in total. The number of fused-ring (bicyclic) bond motifs is 1. The third kappa shape index (κ3) is 3.26. The molecule has 0 saturated heterocycles. The van der Waals surface area contributed by atoms with Crippen LogP contribution in [0.5, 0.6) is 0 Å². The van der Waals surface area contributed by atoms with Gasteiger partial charge in [-0.1, -0.05) is 36.8 Å². The zero-order chi connectivity index (χ0) is 17.3. The zero-order valence-electron chi connectivity index (χ0n) is 15.3. The standard InChI is InChI=1S/C22H28S/c1-8-14(5)21(15(6)9-2)22-19-12-17(13(3)4)11-18(19)16(7)10-20(22)23/h8,10-11,23H,3,9,12H2,1-2,4-7H3/b14-8-,21-15+. The van der Waals surface area contributed by atoms with Crippen LogP contribution >= 0.6 is 12.6 Å². The summed E-state index contributed by atoms with van der Waals surface area (Å²) in [5, 5.41) is 0. The van der Waals surface area contributed by atoms with Crippen molar-refractivity contribution in [1.29, 1.82) is 0 Å². The molecule has 0 atom stereocenters. The first-order valence-corrected chi connectivity index (χ1v) is 8.81. The minimum Gasteiger partial charge on any atom is -0.143 e. The fraction of sp³-hybridized carbons (Fsp3) is 0.364. The van der Waals surface area contributed by atoms with E-state index in [4.69, 9.17) is 12.6 Å². The fourth-order valence-corrected chi connectivity index (χ4v) is 3.74. The van der Waals surface area contributed by atoms with Gasteiger partial charge in [-0.3, -0.25) is 0 Å². The van der Waals surface area contributed by atoms with Gasteiger partial charge in [0.05, 0.1) is 0 Å². The number of benzene rings is 1. The highest BCUT2D eigenvalue weighted by Crippen LogP contribution is 2.42. The molecule has 23 heavy (non-hydrogen) atoms. The Morgan fingerprint density at radius 1 is 1.30 bits per heavy atom. The lowest BCUT2D eigenvalue weighted by molar-refractivity contribution is 1.08. The first-order chi connectivity index (χ1) is 10.8. The summed E-state index contributed by atoms with van der Waals surface area (Å²) in [6.07, 6.45) is 6.54. The van der Waals surface area contributed by atoms with Gasteiger partial charge in [0.1, 0.15) is 0 Å². The Kier molecular flexibility index (Phi) is 5.41. The van der Waals surface area contributed by atoms with Crippen LogP contribution in [0.25, 0.3) is 11.6 Å². The molecule has 122 valence electrons. The minimum absolute atomic E-state index is 0.965. The Morgan fingerprint density at radius 3 is 2.48 bits per heavy atom. The Hall–Kier alpha value is -1.47. The topological polar surface area (TPSA) is 0 Å². The van der Waals surface area contributed by atoms with E-state index in [2.05, 4.69) is 66.3 Å². The molecule has 1 aromatic carbocycles. The molecule has 0 spiro atoms. The lowest BCUT2D eigenvalue weighted by Crippen LogP contribution is -2.01. The minimum atomic E-state index is 0.965. The van der Waals surface area contributed by atoms with Gasteiger partial charge in [-0.2, -0.15) is 0 Å². The van der Waals surface area contributed by atoms with Crippen molar-refractivity contribution < 1.29 is 0 Å². The molecule has 0 nitrogen and oxygen atoms in total. The van der Waals surface area contributed by atoms with Crippen LogP contribution in [-0.4, -0.2) is 0 Å². The van der Waals surface area contributed by atoms with Crippen molar-refractivity contribution in [3.05, 3.63) is 63.3 Å². The second-order valence-electron chi connectivity index (χ2n) is 6.59. The predicted molar refractivity (Wildman–Crippen MR) is 107 cm³/mol. The van der Waals surface area contributed by atoms with Gasteiger partial charge in [0, 0.05) is 4.90 Å². The molecule has 0 heterocycles. The van der Waals surface area contributed by atoms with Crippen molar-refractivity contribution >= 4 is 24.3 Å². The van der Waals surface area contributed by atoms with Crippen molar-refractivity contribution in [3.63, 3.8) is 0 Å². The van der Waals surface area contributed by atoms with Crippen LogP contribution in [0.15, 0.2) is 45.9 Å².